The van der Waals surface area contributed by atoms with E-state index in [1.807, 2.05) is 0 Å². The fraction of sp³-hybridized carbons (Fsp3) is 0.558. The number of rotatable bonds is 9. The molecule has 3 aromatic carbocycles. The Kier molecular flexibility index (Phi) is 20.4. The van der Waals surface area contributed by atoms with Crippen molar-refractivity contribution >= 4 is 38.8 Å². The monoisotopic (exact) mass is 848 g/mol. The second-order valence-electron chi connectivity index (χ2n) is 19.0. The van der Waals surface area contributed by atoms with E-state index in [1.54, 1.807) is 0 Å². The van der Waals surface area contributed by atoms with Gasteiger partial charge in [-0.15, -0.1) is 0 Å². The first-order valence-corrected chi connectivity index (χ1v) is 32.8. The van der Waals surface area contributed by atoms with Crippen LogP contribution in [0.15, 0.2) is 47.5 Å². The van der Waals surface area contributed by atoms with Crippen LogP contribution >= 0.6 is 0 Å². The number of aryl methyl sites for hydroxylation is 6. The molecule has 9 heteroatoms. The molecule has 0 atom stereocenters. The SMILES string of the molecule is C[Si](C)(C)[N-][Si](C)(C)C.C[Si](C)(C)[N-][Si](C)(C)C.Cc1cc(C)c(-c2cccc(-c3c(C)cc(C)cc3C)c2C(=NC(C)C)[N-]C(C)C)c(C)c1.[Y+3]. The van der Waals surface area contributed by atoms with E-state index in [0.717, 1.165) is 11.4 Å². The molecule has 52 heavy (non-hydrogen) atoms. The van der Waals surface area contributed by atoms with E-state index >= 15 is 0 Å². The van der Waals surface area contributed by atoms with Gasteiger partial charge in [0.05, 0.1) is 0 Å². The van der Waals surface area contributed by atoms with Crippen LogP contribution in [-0.4, -0.2) is 50.9 Å². The molecule has 286 valence electrons. The number of aliphatic imine (C=N–C) groups is 1. The number of benzene rings is 3. The van der Waals surface area contributed by atoms with Crippen molar-refractivity contribution in [2.75, 3.05) is 0 Å². The maximum Gasteiger partial charge on any atom is 3.00 e. The second kappa shape index (κ2) is 20.8. The number of nitrogens with zero attached hydrogens (tertiary/aromatic N) is 4. The van der Waals surface area contributed by atoms with Crippen molar-refractivity contribution in [2.24, 2.45) is 4.99 Å². The van der Waals surface area contributed by atoms with E-state index < -0.39 is 32.9 Å². The predicted octanol–water partition coefficient (Wildman–Crippen LogP) is 14.9. The van der Waals surface area contributed by atoms with Gasteiger partial charge in [-0.05, 0) is 104 Å². The summed E-state index contributed by atoms with van der Waals surface area (Å²) in [5.74, 6) is 0.851. The Morgan fingerprint density at radius 2 is 0.808 bits per heavy atom. The van der Waals surface area contributed by atoms with Gasteiger partial charge in [0.2, 0.25) is 0 Å². The molecule has 0 aliphatic carbocycles. The van der Waals surface area contributed by atoms with Crippen molar-refractivity contribution in [3.05, 3.63) is 96.0 Å². The topological polar surface area (TPSA) is 54.7 Å². The second-order valence-corrected chi connectivity index (χ2v) is 38.1. The van der Waals surface area contributed by atoms with Crippen LogP contribution in [-0.2, 0) is 32.7 Å². The Morgan fingerprint density at radius 3 is 1.02 bits per heavy atom. The Hall–Kier alpha value is -0.979. The van der Waals surface area contributed by atoms with Crippen molar-refractivity contribution in [1.82, 2.24) is 0 Å². The van der Waals surface area contributed by atoms with Gasteiger partial charge in [0.25, 0.3) is 0 Å². The van der Waals surface area contributed by atoms with Crippen LogP contribution in [0, 0.1) is 41.5 Å². The quantitative estimate of drug-likeness (QED) is 0.117. The van der Waals surface area contributed by atoms with Crippen LogP contribution in [0.1, 0.15) is 66.6 Å². The normalized spacial score (nSPS) is 12.5. The molecule has 3 rings (SSSR count). The van der Waals surface area contributed by atoms with Crippen LogP contribution in [0.4, 0.5) is 0 Å². The van der Waals surface area contributed by atoms with Crippen LogP contribution in [0.25, 0.3) is 36.9 Å². The number of hydrogen-bond acceptors (Lipinski definition) is 1. The standard InChI is InChI=1S/C31H39N2.2C6H18NSi2.Y/c1-18(2)32-31(33-19(3)4)30-26(28-22(7)14-20(5)15-23(28)8)12-11-13-27(30)29-24(9)16-21(6)17-25(29)10;2*1-8(2,3)7-9(4,5)6;/h11-19H,1-10H3;2*1-6H3;/q3*-1;+3. The molecular weight excluding hydrogens is 774 g/mol. The molecule has 0 spiro atoms. The maximum absolute atomic E-state index is 5.06. The van der Waals surface area contributed by atoms with Crippen molar-refractivity contribution in [3.8, 4) is 22.3 Å². The minimum atomic E-state index is -1.11. The number of amidine groups is 1. The summed E-state index contributed by atoms with van der Waals surface area (Å²) >= 11 is 0. The van der Waals surface area contributed by atoms with Crippen LogP contribution < -0.4 is 0 Å². The molecule has 4 nitrogen and oxygen atoms in total. The zero-order valence-corrected chi connectivity index (χ0v) is 44.4. The van der Waals surface area contributed by atoms with E-state index in [1.165, 1.54) is 55.6 Å². The number of hydrogen-bond donors (Lipinski definition) is 0. The van der Waals surface area contributed by atoms with Gasteiger partial charge in [0.1, 0.15) is 0 Å². The molecule has 0 radical (unpaired) electrons. The summed E-state index contributed by atoms with van der Waals surface area (Å²) in [6.45, 7) is 49.3. The summed E-state index contributed by atoms with van der Waals surface area (Å²) < 4.78 is 9.64. The largest absolute Gasteiger partial charge is 3.00 e. The van der Waals surface area contributed by atoms with Crippen molar-refractivity contribution in [2.45, 2.75) is 160 Å². The molecule has 0 bridgehead atoms. The zero-order valence-electron chi connectivity index (χ0n) is 37.6. The van der Waals surface area contributed by atoms with Gasteiger partial charge in [0.15, 0.2) is 0 Å². The molecule has 3 aromatic rings. The fourth-order valence-corrected chi connectivity index (χ4v) is 23.2. The van der Waals surface area contributed by atoms with E-state index in [2.05, 4.69) is 190 Å². The summed E-state index contributed by atoms with van der Waals surface area (Å²) in [5, 5.41) is 5.06. The Morgan fingerprint density at radius 1 is 0.519 bits per heavy atom. The van der Waals surface area contributed by atoms with Crippen molar-refractivity contribution in [1.29, 1.82) is 0 Å². The third-order valence-corrected chi connectivity index (χ3v) is 18.0. The van der Waals surface area contributed by atoms with Gasteiger partial charge in [-0.2, -0.15) is 0 Å². The summed E-state index contributed by atoms with van der Waals surface area (Å²) in [5.41, 5.74) is 13.9. The fourth-order valence-electron chi connectivity index (χ4n) is 7.08. The van der Waals surface area contributed by atoms with Crippen molar-refractivity contribution in [3.63, 3.8) is 0 Å². The van der Waals surface area contributed by atoms with Gasteiger partial charge >= 0.3 is 32.7 Å². The Bertz CT molecular complexity index is 1450. The van der Waals surface area contributed by atoms with E-state index in [4.69, 9.17) is 19.6 Å². The third-order valence-electron chi connectivity index (χ3n) is 7.28. The molecule has 0 fully saturated rings. The van der Waals surface area contributed by atoms with Gasteiger partial charge in [-0.3, -0.25) is 0 Å². The summed E-state index contributed by atoms with van der Waals surface area (Å²) in [7, 11) is -4.42. The summed E-state index contributed by atoms with van der Waals surface area (Å²) in [6, 6.07) is 16.1. The molecular formula is C43H75N4Si4Y. The van der Waals surface area contributed by atoms with Gasteiger partial charge in [0, 0.05) is 0 Å². The molecule has 0 aliphatic rings. The molecule has 0 aliphatic heterocycles. The van der Waals surface area contributed by atoms with E-state index in [-0.39, 0.29) is 44.8 Å². The minimum Gasteiger partial charge on any atom is -0.668 e. The van der Waals surface area contributed by atoms with Crippen LogP contribution in [0.5, 0.6) is 0 Å². The molecule has 0 saturated heterocycles. The maximum atomic E-state index is 5.06. The van der Waals surface area contributed by atoms with Gasteiger partial charge < -0.3 is 19.6 Å². The average molecular weight is 849 g/mol. The molecule has 0 N–H and O–H groups in total. The van der Waals surface area contributed by atoms with E-state index in [9.17, 15) is 0 Å². The van der Waals surface area contributed by atoms with Crippen molar-refractivity contribution < 1.29 is 32.7 Å². The summed E-state index contributed by atoms with van der Waals surface area (Å²) in [4.78, 5) is 5.06. The minimum absolute atomic E-state index is 0. The predicted molar refractivity (Wildman–Crippen MR) is 246 cm³/mol. The first-order valence-electron chi connectivity index (χ1n) is 19.0. The average Bonchev–Trinajstić information content (AvgIpc) is 2.83. The third kappa shape index (κ3) is 19.1. The Labute approximate surface area is 351 Å². The Balaban J connectivity index is 0.00000113. The van der Waals surface area contributed by atoms with Gasteiger partial charge in [-0.1, -0.05) is 199 Å². The first-order chi connectivity index (χ1) is 22.9. The molecule has 0 amide bonds. The van der Waals surface area contributed by atoms with Crippen LogP contribution in [0.2, 0.25) is 78.6 Å². The van der Waals surface area contributed by atoms with Crippen LogP contribution in [0.3, 0.4) is 0 Å². The van der Waals surface area contributed by atoms with Gasteiger partial charge in [-0.25, -0.2) is 0 Å². The summed E-state index contributed by atoms with van der Waals surface area (Å²) in [6.07, 6.45) is 0. The molecule has 0 saturated carbocycles. The molecule has 0 heterocycles. The smallest absolute Gasteiger partial charge is 0.668 e. The molecule has 0 aromatic heterocycles. The molecule has 0 unspecified atom stereocenters. The zero-order chi connectivity index (χ0) is 39.9. The van der Waals surface area contributed by atoms with E-state index in [0.29, 0.717) is 0 Å². The first kappa shape index (κ1) is 51.0.